The quantitative estimate of drug-likeness (QED) is 0.709. The molecule has 0 saturated heterocycles. The van der Waals surface area contributed by atoms with Crippen molar-refractivity contribution in [3.8, 4) is 0 Å². The summed E-state index contributed by atoms with van der Waals surface area (Å²) in [5.74, 6) is 0.514. The van der Waals surface area contributed by atoms with Crippen LogP contribution in [0.5, 0.6) is 0 Å². The van der Waals surface area contributed by atoms with E-state index in [1.54, 1.807) is 19.6 Å². The predicted octanol–water partition coefficient (Wildman–Crippen LogP) is 0.984. The minimum absolute atomic E-state index is 0.245. The van der Waals surface area contributed by atoms with Crippen LogP contribution in [0.4, 0.5) is 5.82 Å². The molecule has 21 heavy (non-hydrogen) atoms. The third-order valence-electron chi connectivity index (χ3n) is 3.30. The fourth-order valence-electron chi connectivity index (χ4n) is 2.13. The summed E-state index contributed by atoms with van der Waals surface area (Å²) >= 11 is 0. The lowest BCUT2D eigenvalue weighted by Crippen LogP contribution is -2.30. The number of hydrogen-bond donors (Lipinski definition) is 0. The zero-order chi connectivity index (χ0) is 15.2. The van der Waals surface area contributed by atoms with E-state index >= 15 is 0 Å². The molecule has 114 valence electrons. The van der Waals surface area contributed by atoms with Crippen LogP contribution in [0.3, 0.4) is 0 Å². The Labute approximate surface area is 123 Å². The molecule has 0 aromatic carbocycles. The molecular weight excluding hydrogens is 272 g/mol. The van der Waals surface area contributed by atoms with Gasteiger partial charge in [-0.25, -0.2) is 9.97 Å². The van der Waals surface area contributed by atoms with Gasteiger partial charge in [-0.2, -0.15) is 0 Å². The summed E-state index contributed by atoms with van der Waals surface area (Å²) in [6.07, 6.45) is 3.80. The summed E-state index contributed by atoms with van der Waals surface area (Å²) in [5.41, 5.74) is 1.82. The molecule has 2 rings (SSSR count). The number of esters is 1. The lowest BCUT2D eigenvalue weighted by molar-refractivity contribution is -0.140. The number of methoxy groups -OCH3 is 2. The third kappa shape index (κ3) is 3.49. The van der Waals surface area contributed by atoms with Crippen molar-refractivity contribution in [3.05, 3.63) is 18.6 Å². The molecule has 0 aliphatic carbocycles. The molecule has 0 N–H and O–H groups in total. The minimum atomic E-state index is -0.245. The summed E-state index contributed by atoms with van der Waals surface area (Å²) < 4.78 is 11.8. The molecule has 0 bridgehead atoms. The number of fused-ring (bicyclic) bond motifs is 1. The maximum absolute atomic E-state index is 11.4. The lowest BCUT2D eigenvalue weighted by atomic mass is 10.3. The molecule has 0 radical (unpaired) electrons. The molecule has 2 heterocycles. The number of ether oxygens (including phenoxy) is 2. The van der Waals surface area contributed by atoms with Gasteiger partial charge in [-0.05, 0) is 6.07 Å². The van der Waals surface area contributed by atoms with Crippen molar-refractivity contribution in [2.75, 3.05) is 38.8 Å². The summed E-state index contributed by atoms with van der Waals surface area (Å²) in [6.45, 7) is 1.70. The summed E-state index contributed by atoms with van der Waals surface area (Å²) in [7, 11) is 4.97. The SMILES string of the molecule is COCCN(CCC(=O)OC)c1nccc2c1ncn2C. The lowest BCUT2D eigenvalue weighted by Gasteiger charge is -2.23. The number of pyridine rings is 1. The predicted molar refractivity (Wildman–Crippen MR) is 79.2 cm³/mol. The van der Waals surface area contributed by atoms with E-state index < -0.39 is 0 Å². The van der Waals surface area contributed by atoms with Crippen molar-refractivity contribution >= 4 is 22.8 Å². The van der Waals surface area contributed by atoms with Gasteiger partial charge in [0, 0.05) is 33.4 Å². The van der Waals surface area contributed by atoms with Gasteiger partial charge in [-0.15, -0.1) is 0 Å². The van der Waals surface area contributed by atoms with E-state index in [0.29, 0.717) is 26.1 Å². The van der Waals surface area contributed by atoms with E-state index in [4.69, 9.17) is 9.47 Å². The number of carbonyl (C=O) groups excluding carboxylic acids is 1. The molecule has 0 amide bonds. The second-order valence-electron chi connectivity index (χ2n) is 4.66. The fourth-order valence-corrected chi connectivity index (χ4v) is 2.13. The molecule has 0 saturated carbocycles. The molecule has 2 aromatic rings. The maximum atomic E-state index is 11.4. The van der Waals surface area contributed by atoms with Gasteiger partial charge in [0.15, 0.2) is 5.82 Å². The van der Waals surface area contributed by atoms with E-state index in [1.165, 1.54) is 7.11 Å². The van der Waals surface area contributed by atoms with Crippen molar-refractivity contribution < 1.29 is 14.3 Å². The van der Waals surface area contributed by atoms with Crippen molar-refractivity contribution in [2.45, 2.75) is 6.42 Å². The Kier molecular flexibility index (Phi) is 5.10. The maximum Gasteiger partial charge on any atom is 0.307 e. The molecule has 0 atom stereocenters. The van der Waals surface area contributed by atoms with E-state index in [0.717, 1.165) is 16.9 Å². The van der Waals surface area contributed by atoms with Gasteiger partial charge in [0.05, 0.1) is 32.0 Å². The molecule has 0 fully saturated rings. The fraction of sp³-hybridized carbons (Fsp3) is 0.500. The highest BCUT2D eigenvalue weighted by Gasteiger charge is 2.15. The first kappa shape index (κ1) is 15.2. The monoisotopic (exact) mass is 292 g/mol. The molecule has 0 aliphatic rings. The van der Waals surface area contributed by atoms with Crippen LogP contribution in [0.25, 0.3) is 11.0 Å². The number of hydrogen-bond acceptors (Lipinski definition) is 6. The normalized spacial score (nSPS) is 10.8. The smallest absolute Gasteiger partial charge is 0.307 e. The van der Waals surface area contributed by atoms with Crippen LogP contribution in [0.1, 0.15) is 6.42 Å². The van der Waals surface area contributed by atoms with Crippen molar-refractivity contribution in [1.29, 1.82) is 0 Å². The molecule has 7 heteroatoms. The van der Waals surface area contributed by atoms with Gasteiger partial charge in [0.25, 0.3) is 0 Å². The Balaban J connectivity index is 2.27. The van der Waals surface area contributed by atoms with Crippen LogP contribution in [-0.4, -0.2) is 54.4 Å². The standard InChI is InChI=1S/C14H20N4O3/c1-17-10-16-13-11(17)4-6-15-14(13)18(8-9-20-2)7-5-12(19)21-3/h4,6,10H,5,7-9H2,1-3H3. The van der Waals surface area contributed by atoms with Crippen molar-refractivity contribution in [1.82, 2.24) is 14.5 Å². The van der Waals surface area contributed by atoms with Gasteiger partial charge in [0.2, 0.25) is 0 Å². The number of nitrogens with zero attached hydrogens (tertiary/aromatic N) is 4. The van der Waals surface area contributed by atoms with Gasteiger partial charge < -0.3 is 18.9 Å². The van der Waals surface area contributed by atoms with E-state index in [1.807, 2.05) is 22.6 Å². The van der Waals surface area contributed by atoms with Crippen molar-refractivity contribution in [2.24, 2.45) is 7.05 Å². The van der Waals surface area contributed by atoms with E-state index in [9.17, 15) is 4.79 Å². The van der Waals surface area contributed by atoms with Gasteiger partial charge in [-0.3, -0.25) is 4.79 Å². The highest BCUT2D eigenvalue weighted by Crippen LogP contribution is 2.22. The number of aryl methyl sites for hydroxylation is 1. The van der Waals surface area contributed by atoms with E-state index in [2.05, 4.69) is 9.97 Å². The Hall–Kier alpha value is -2.15. The topological polar surface area (TPSA) is 69.5 Å². The summed E-state index contributed by atoms with van der Waals surface area (Å²) in [4.78, 5) is 22.2. The zero-order valence-corrected chi connectivity index (χ0v) is 12.6. The number of aromatic nitrogens is 3. The van der Waals surface area contributed by atoms with Crippen molar-refractivity contribution in [3.63, 3.8) is 0 Å². The highest BCUT2D eigenvalue weighted by atomic mass is 16.5. The van der Waals surface area contributed by atoms with E-state index in [-0.39, 0.29) is 5.97 Å². The summed E-state index contributed by atoms with van der Waals surface area (Å²) in [6, 6.07) is 1.92. The minimum Gasteiger partial charge on any atom is -0.469 e. The number of carbonyl (C=O) groups is 1. The zero-order valence-electron chi connectivity index (χ0n) is 12.6. The first-order chi connectivity index (χ1) is 10.2. The Morgan fingerprint density at radius 3 is 2.86 bits per heavy atom. The number of anilines is 1. The highest BCUT2D eigenvalue weighted by molar-refractivity contribution is 5.86. The first-order valence-corrected chi connectivity index (χ1v) is 6.74. The summed E-state index contributed by atoms with van der Waals surface area (Å²) in [5, 5.41) is 0. The molecule has 0 aliphatic heterocycles. The molecular formula is C14H20N4O3. The number of imidazole rings is 1. The Morgan fingerprint density at radius 2 is 2.14 bits per heavy atom. The van der Waals surface area contributed by atoms with Crippen LogP contribution >= 0.6 is 0 Å². The van der Waals surface area contributed by atoms with Crippen LogP contribution in [0.2, 0.25) is 0 Å². The second kappa shape index (κ2) is 7.03. The third-order valence-corrected chi connectivity index (χ3v) is 3.30. The molecule has 0 unspecified atom stereocenters. The van der Waals surface area contributed by atoms with Gasteiger partial charge in [0.1, 0.15) is 5.52 Å². The average Bonchev–Trinajstić information content (AvgIpc) is 2.89. The van der Waals surface area contributed by atoms with Gasteiger partial charge >= 0.3 is 5.97 Å². The average molecular weight is 292 g/mol. The first-order valence-electron chi connectivity index (χ1n) is 6.74. The van der Waals surface area contributed by atoms with Crippen LogP contribution in [0, 0.1) is 0 Å². The van der Waals surface area contributed by atoms with Gasteiger partial charge in [-0.1, -0.05) is 0 Å². The molecule has 0 spiro atoms. The molecule has 2 aromatic heterocycles. The van der Waals surface area contributed by atoms with Crippen LogP contribution in [-0.2, 0) is 21.3 Å². The number of rotatable bonds is 7. The second-order valence-corrected chi connectivity index (χ2v) is 4.66. The largest absolute Gasteiger partial charge is 0.469 e. The van der Waals surface area contributed by atoms with Crippen LogP contribution < -0.4 is 4.90 Å². The van der Waals surface area contributed by atoms with Crippen LogP contribution in [0.15, 0.2) is 18.6 Å². The Bertz CT molecular complexity index is 611. The molecule has 7 nitrogen and oxygen atoms in total. The Morgan fingerprint density at radius 1 is 1.33 bits per heavy atom.